The normalized spacial score (nSPS) is 46.9. The number of allylic oxidation sites excluding steroid dienone is 1. The minimum atomic E-state index is -4.55. The fraction of sp³-hybridized carbons (Fsp3) is 0.850. The van der Waals surface area contributed by atoms with E-state index in [0.29, 0.717) is 37.5 Å². The molecule has 4 aliphatic rings. The number of halogens is 3. The van der Waals surface area contributed by atoms with Gasteiger partial charge in [-0.3, -0.25) is 4.79 Å². The van der Waals surface area contributed by atoms with Gasteiger partial charge in [-0.2, -0.15) is 13.2 Å². The van der Waals surface area contributed by atoms with Crippen molar-refractivity contribution in [1.29, 1.82) is 0 Å². The highest BCUT2D eigenvalue weighted by Crippen LogP contribution is 2.69. The Morgan fingerprint density at radius 1 is 1.12 bits per heavy atom. The van der Waals surface area contributed by atoms with Crippen LogP contribution < -0.4 is 0 Å². The summed E-state index contributed by atoms with van der Waals surface area (Å²) >= 11 is 0. The van der Waals surface area contributed by atoms with Gasteiger partial charge < -0.3 is 5.11 Å². The van der Waals surface area contributed by atoms with Gasteiger partial charge in [0.15, 0.2) is 11.4 Å². The second-order valence-corrected chi connectivity index (χ2v) is 8.75. The number of fused-ring (bicyclic) bond motifs is 5. The van der Waals surface area contributed by atoms with Crippen molar-refractivity contribution in [3.63, 3.8) is 0 Å². The van der Waals surface area contributed by atoms with Crippen LogP contribution in [-0.2, 0) is 4.79 Å². The Balaban J connectivity index is 1.68. The first kappa shape index (κ1) is 17.6. The summed E-state index contributed by atoms with van der Waals surface area (Å²) in [6.45, 7) is 1.82. The van der Waals surface area contributed by atoms with Gasteiger partial charge in [-0.25, -0.2) is 0 Å². The van der Waals surface area contributed by atoms with E-state index >= 15 is 0 Å². The van der Waals surface area contributed by atoms with E-state index in [4.69, 9.17) is 0 Å². The van der Waals surface area contributed by atoms with Gasteiger partial charge in [0.25, 0.3) is 0 Å². The average Bonchev–Trinajstić information content (AvgIpc) is 2.89. The van der Waals surface area contributed by atoms with Crippen LogP contribution in [0.5, 0.6) is 0 Å². The minimum Gasteiger partial charge on any atom is -0.380 e. The van der Waals surface area contributed by atoms with Crippen LogP contribution in [0.25, 0.3) is 0 Å². The molecule has 140 valence electrons. The van der Waals surface area contributed by atoms with Crippen LogP contribution in [0.1, 0.15) is 64.7 Å². The number of rotatable bonds is 1. The van der Waals surface area contributed by atoms with Crippen molar-refractivity contribution in [3.05, 3.63) is 11.6 Å². The third-order valence-corrected chi connectivity index (χ3v) is 8.25. The van der Waals surface area contributed by atoms with E-state index in [9.17, 15) is 23.1 Å². The minimum absolute atomic E-state index is 0.0398. The van der Waals surface area contributed by atoms with E-state index in [2.05, 4.69) is 0 Å². The van der Waals surface area contributed by atoms with Gasteiger partial charge in [0.2, 0.25) is 0 Å². The van der Waals surface area contributed by atoms with Crippen molar-refractivity contribution in [1.82, 2.24) is 0 Å². The zero-order chi connectivity index (χ0) is 18.0. The van der Waals surface area contributed by atoms with Crippen molar-refractivity contribution >= 4 is 5.78 Å². The van der Waals surface area contributed by atoms with Gasteiger partial charge in [0.1, 0.15) is 0 Å². The molecule has 3 fully saturated rings. The number of carbonyl (C=O) groups is 1. The molecular weight excluding hydrogens is 329 g/mol. The average molecular weight is 356 g/mol. The van der Waals surface area contributed by atoms with Crippen molar-refractivity contribution in [2.75, 3.05) is 0 Å². The highest BCUT2D eigenvalue weighted by molar-refractivity contribution is 5.91. The van der Waals surface area contributed by atoms with Crippen LogP contribution in [0.2, 0.25) is 0 Å². The quantitative estimate of drug-likeness (QED) is 0.732. The third kappa shape index (κ3) is 2.23. The van der Waals surface area contributed by atoms with Crippen molar-refractivity contribution in [2.24, 2.45) is 29.1 Å². The summed E-state index contributed by atoms with van der Waals surface area (Å²) < 4.78 is 41.4. The number of ketones is 1. The van der Waals surface area contributed by atoms with E-state index < -0.39 is 17.2 Å². The smallest absolute Gasteiger partial charge is 0.380 e. The number of alkyl halides is 3. The van der Waals surface area contributed by atoms with Crippen LogP contribution in [0, 0.1) is 29.1 Å². The summed E-state index contributed by atoms with van der Waals surface area (Å²) in [6.07, 6.45) is 2.36. The largest absolute Gasteiger partial charge is 0.417 e. The first-order valence-electron chi connectivity index (χ1n) is 9.76. The highest BCUT2D eigenvalue weighted by atomic mass is 19.4. The molecule has 4 aliphatic carbocycles. The molecule has 0 bridgehead atoms. The first-order valence-corrected chi connectivity index (χ1v) is 9.76. The number of aliphatic hydroxyl groups is 1. The molecule has 2 unspecified atom stereocenters. The first-order chi connectivity index (χ1) is 11.7. The molecule has 0 aromatic carbocycles. The molecule has 3 saturated carbocycles. The van der Waals surface area contributed by atoms with Gasteiger partial charge in [0, 0.05) is 11.8 Å². The molecule has 0 radical (unpaired) electrons. The molecule has 0 spiro atoms. The third-order valence-electron chi connectivity index (χ3n) is 8.25. The topological polar surface area (TPSA) is 37.3 Å². The summed E-state index contributed by atoms with van der Waals surface area (Å²) in [5.74, 6) is 1.21. The van der Waals surface area contributed by atoms with E-state index in [-0.39, 0.29) is 24.0 Å². The van der Waals surface area contributed by atoms with Crippen LogP contribution in [-0.4, -0.2) is 22.7 Å². The monoisotopic (exact) mass is 356 g/mol. The molecular formula is C20H27F3O2. The van der Waals surface area contributed by atoms with Gasteiger partial charge in [0.05, 0.1) is 0 Å². The molecule has 0 saturated heterocycles. The molecule has 25 heavy (non-hydrogen) atoms. The molecule has 0 aliphatic heterocycles. The number of carbonyl (C=O) groups excluding carboxylic acids is 1. The van der Waals surface area contributed by atoms with E-state index in [1.54, 1.807) is 0 Å². The number of hydrogen-bond donors (Lipinski definition) is 1. The lowest BCUT2D eigenvalue weighted by Gasteiger charge is -2.56. The summed E-state index contributed by atoms with van der Waals surface area (Å²) in [7, 11) is 0. The zero-order valence-electron chi connectivity index (χ0n) is 14.7. The van der Waals surface area contributed by atoms with Crippen LogP contribution in [0.15, 0.2) is 11.6 Å². The molecule has 5 heteroatoms. The predicted octanol–water partition coefficient (Wildman–Crippen LogP) is 4.81. The molecule has 0 amide bonds. The SMILES string of the molecule is CCC12CC[C@H]3[C@@H](CCC4=CC(=O)CC[C@@H]43)[C@@H]1CCC2(O)C(F)(F)F. The lowest BCUT2D eigenvalue weighted by molar-refractivity contribution is -0.306. The molecule has 2 nitrogen and oxygen atoms in total. The Morgan fingerprint density at radius 2 is 1.88 bits per heavy atom. The van der Waals surface area contributed by atoms with Crippen molar-refractivity contribution < 1.29 is 23.1 Å². The molecule has 4 rings (SSSR count). The van der Waals surface area contributed by atoms with Crippen LogP contribution in [0.4, 0.5) is 13.2 Å². The molecule has 0 heterocycles. The summed E-state index contributed by atoms with van der Waals surface area (Å²) in [5, 5.41) is 10.7. The highest BCUT2D eigenvalue weighted by Gasteiger charge is 2.72. The lowest BCUT2D eigenvalue weighted by atomic mass is 9.49. The molecule has 0 aromatic heterocycles. The predicted molar refractivity (Wildman–Crippen MR) is 87.7 cm³/mol. The maximum Gasteiger partial charge on any atom is 0.417 e. The Kier molecular flexibility index (Phi) is 3.92. The Hall–Kier alpha value is -0.840. The fourth-order valence-corrected chi connectivity index (χ4v) is 7.17. The summed E-state index contributed by atoms with van der Waals surface area (Å²) in [5.41, 5.74) is -2.30. The van der Waals surface area contributed by atoms with Gasteiger partial charge in [-0.05, 0) is 81.1 Å². The second kappa shape index (κ2) is 5.58. The second-order valence-electron chi connectivity index (χ2n) is 8.75. The van der Waals surface area contributed by atoms with Gasteiger partial charge >= 0.3 is 6.18 Å². The van der Waals surface area contributed by atoms with Gasteiger partial charge in [-0.1, -0.05) is 12.5 Å². The van der Waals surface area contributed by atoms with E-state index in [0.717, 1.165) is 25.7 Å². The van der Waals surface area contributed by atoms with E-state index in [1.807, 2.05) is 13.0 Å². The molecule has 6 atom stereocenters. The summed E-state index contributed by atoms with van der Waals surface area (Å²) in [4.78, 5) is 11.7. The van der Waals surface area contributed by atoms with Crippen molar-refractivity contribution in [2.45, 2.75) is 76.5 Å². The number of hydrogen-bond acceptors (Lipinski definition) is 2. The lowest BCUT2D eigenvalue weighted by Crippen LogP contribution is -2.60. The Labute approximate surface area is 146 Å². The zero-order valence-corrected chi connectivity index (χ0v) is 14.7. The maximum atomic E-state index is 13.8. The Bertz CT molecular complexity index is 611. The molecule has 1 N–H and O–H groups in total. The summed E-state index contributed by atoms with van der Waals surface area (Å²) in [6, 6.07) is 0. The van der Waals surface area contributed by atoms with Crippen molar-refractivity contribution in [3.8, 4) is 0 Å². The van der Waals surface area contributed by atoms with Gasteiger partial charge in [-0.15, -0.1) is 0 Å². The Morgan fingerprint density at radius 3 is 2.56 bits per heavy atom. The fourth-order valence-electron chi connectivity index (χ4n) is 7.17. The standard InChI is InChI=1S/C20H27F3O2/c1-2-18-9-7-15-14-6-4-13(24)11-12(14)3-5-16(15)17(18)8-10-19(18,25)20(21,22)23/h11,14-17,25H,2-10H2,1H3/t14-,15+,16+,17-,18?,19?/m0/s1. The molecule has 0 aromatic rings. The maximum absolute atomic E-state index is 13.8. The van der Waals surface area contributed by atoms with Crippen LogP contribution in [0.3, 0.4) is 0 Å². The van der Waals surface area contributed by atoms with E-state index in [1.165, 1.54) is 5.57 Å². The van der Waals surface area contributed by atoms with Crippen LogP contribution >= 0.6 is 0 Å².